The van der Waals surface area contributed by atoms with Gasteiger partial charge in [-0.1, -0.05) is 12.1 Å². The van der Waals surface area contributed by atoms with Gasteiger partial charge in [-0.05, 0) is 24.7 Å². The van der Waals surface area contributed by atoms with Crippen molar-refractivity contribution < 1.29 is 14.3 Å². The normalized spacial score (nSPS) is 10.5. The van der Waals surface area contributed by atoms with E-state index in [1.165, 1.54) is 7.11 Å². The molecule has 0 spiro atoms. The fraction of sp³-hybridized carbons (Fsp3) is 0.467. The molecule has 0 saturated heterocycles. The lowest BCUT2D eigenvalue weighted by Gasteiger charge is -2.15. The van der Waals surface area contributed by atoms with Gasteiger partial charge in [-0.2, -0.15) is 0 Å². The largest absolute Gasteiger partial charge is 0.469 e. The lowest BCUT2D eigenvalue weighted by Crippen LogP contribution is -2.26. The Kier molecular flexibility index (Phi) is 7.42. The first kappa shape index (κ1) is 17.1. The summed E-state index contributed by atoms with van der Waals surface area (Å²) >= 11 is 0. The number of carbonyl (C=O) groups excluding carboxylic acids is 2. The minimum Gasteiger partial charge on any atom is -0.469 e. The fourth-order valence-corrected chi connectivity index (χ4v) is 1.79. The number of nitrogens with one attached hydrogen (secondary N) is 1. The van der Waals surface area contributed by atoms with E-state index >= 15 is 0 Å². The summed E-state index contributed by atoms with van der Waals surface area (Å²) in [4.78, 5) is 24.8. The van der Waals surface area contributed by atoms with Crippen LogP contribution in [0.4, 0.5) is 5.69 Å². The van der Waals surface area contributed by atoms with Crippen molar-refractivity contribution in [2.45, 2.75) is 19.4 Å². The van der Waals surface area contributed by atoms with Crippen LogP contribution in [-0.2, 0) is 20.9 Å². The van der Waals surface area contributed by atoms with Gasteiger partial charge < -0.3 is 20.7 Å². The molecule has 0 aliphatic heterocycles. The number of nitrogens with zero attached hydrogens (tertiary/aromatic N) is 1. The minimum atomic E-state index is -0.245. The summed E-state index contributed by atoms with van der Waals surface area (Å²) in [7, 11) is 3.23. The minimum absolute atomic E-state index is 0.0610. The molecular formula is C15H23N3O3. The van der Waals surface area contributed by atoms with Gasteiger partial charge in [-0.15, -0.1) is 0 Å². The van der Waals surface area contributed by atoms with Crippen LogP contribution < -0.4 is 11.1 Å². The summed E-state index contributed by atoms with van der Waals surface area (Å²) in [6.07, 6.45) is 0.692. The molecule has 0 saturated carbocycles. The Morgan fingerprint density at radius 3 is 2.67 bits per heavy atom. The highest BCUT2D eigenvalue weighted by molar-refractivity contribution is 5.90. The SMILES string of the molecule is COC(=O)CCN(C)CCC(=O)Nc1cccc(CN)c1. The molecule has 0 aromatic heterocycles. The maximum atomic E-state index is 11.9. The van der Waals surface area contributed by atoms with Crippen LogP contribution in [0, 0.1) is 0 Å². The molecule has 0 heterocycles. The van der Waals surface area contributed by atoms with E-state index in [0.29, 0.717) is 32.5 Å². The number of rotatable bonds is 8. The first-order valence-electron chi connectivity index (χ1n) is 6.89. The summed E-state index contributed by atoms with van der Waals surface area (Å²) in [6.45, 7) is 1.60. The Bertz CT molecular complexity index is 477. The molecular weight excluding hydrogens is 270 g/mol. The first-order chi connectivity index (χ1) is 10.0. The number of nitrogens with two attached hydrogens (primary N) is 1. The molecule has 0 bridgehead atoms. The van der Waals surface area contributed by atoms with E-state index in [9.17, 15) is 9.59 Å². The zero-order valence-electron chi connectivity index (χ0n) is 12.6. The number of methoxy groups -OCH3 is 1. The zero-order chi connectivity index (χ0) is 15.7. The lowest BCUT2D eigenvalue weighted by atomic mass is 10.2. The molecule has 0 atom stereocenters. The van der Waals surface area contributed by atoms with Crippen molar-refractivity contribution in [1.82, 2.24) is 4.90 Å². The molecule has 1 aromatic carbocycles. The monoisotopic (exact) mass is 293 g/mol. The fourth-order valence-electron chi connectivity index (χ4n) is 1.79. The molecule has 1 aromatic rings. The summed E-state index contributed by atoms with van der Waals surface area (Å²) in [5.41, 5.74) is 7.29. The number of hydrogen-bond acceptors (Lipinski definition) is 5. The number of esters is 1. The predicted octanol–water partition coefficient (Wildman–Crippen LogP) is 0.969. The number of anilines is 1. The van der Waals surface area contributed by atoms with Crippen molar-refractivity contribution in [2.24, 2.45) is 5.73 Å². The van der Waals surface area contributed by atoms with Gasteiger partial charge in [0.2, 0.25) is 5.91 Å². The summed E-state index contributed by atoms with van der Waals surface area (Å²) in [5.74, 6) is -0.306. The molecule has 1 rings (SSSR count). The quantitative estimate of drug-likeness (QED) is 0.698. The smallest absolute Gasteiger partial charge is 0.306 e. The van der Waals surface area contributed by atoms with Crippen molar-refractivity contribution >= 4 is 17.6 Å². The van der Waals surface area contributed by atoms with Gasteiger partial charge in [0.05, 0.1) is 13.5 Å². The van der Waals surface area contributed by atoms with E-state index in [1.54, 1.807) is 0 Å². The predicted molar refractivity (Wildman–Crippen MR) is 81.7 cm³/mol. The molecule has 0 unspecified atom stereocenters. The average Bonchev–Trinajstić information content (AvgIpc) is 2.50. The molecule has 21 heavy (non-hydrogen) atoms. The molecule has 1 amide bonds. The van der Waals surface area contributed by atoms with Crippen LogP contribution in [0.3, 0.4) is 0 Å². The summed E-state index contributed by atoms with van der Waals surface area (Å²) in [6, 6.07) is 7.47. The number of carbonyl (C=O) groups is 2. The third-order valence-electron chi connectivity index (χ3n) is 3.09. The van der Waals surface area contributed by atoms with Gasteiger partial charge in [0.1, 0.15) is 0 Å². The molecule has 0 aliphatic rings. The van der Waals surface area contributed by atoms with Crippen molar-refractivity contribution in [3.05, 3.63) is 29.8 Å². The Labute approximate surface area is 125 Å². The number of ether oxygens (including phenoxy) is 1. The van der Waals surface area contributed by atoms with Gasteiger partial charge in [0.15, 0.2) is 0 Å². The second kappa shape index (κ2) is 9.10. The molecule has 0 fully saturated rings. The topological polar surface area (TPSA) is 84.7 Å². The van der Waals surface area contributed by atoms with Gasteiger partial charge in [0.25, 0.3) is 0 Å². The molecule has 0 radical (unpaired) electrons. The van der Waals surface area contributed by atoms with Gasteiger partial charge in [-0.25, -0.2) is 0 Å². The van der Waals surface area contributed by atoms with E-state index in [2.05, 4.69) is 10.1 Å². The zero-order valence-corrected chi connectivity index (χ0v) is 12.6. The third-order valence-corrected chi connectivity index (χ3v) is 3.09. The number of hydrogen-bond donors (Lipinski definition) is 2. The highest BCUT2D eigenvalue weighted by Crippen LogP contribution is 2.10. The third kappa shape index (κ3) is 6.87. The van der Waals surface area contributed by atoms with E-state index in [0.717, 1.165) is 11.3 Å². The van der Waals surface area contributed by atoms with Crippen molar-refractivity contribution in [3.8, 4) is 0 Å². The Hall–Kier alpha value is -1.92. The summed E-state index contributed by atoms with van der Waals surface area (Å²) in [5, 5.41) is 2.84. The highest BCUT2D eigenvalue weighted by Gasteiger charge is 2.07. The van der Waals surface area contributed by atoms with Gasteiger partial charge in [-0.3, -0.25) is 9.59 Å². The molecule has 3 N–H and O–H groups in total. The van der Waals surface area contributed by atoms with E-state index < -0.39 is 0 Å². The Morgan fingerprint density at radius 2 is 2.00 bits per heavy atom. The first-order valence-corrected chi connectivity index (χ1v) is 6.89. The molecule has 6 heteroatoms. The van der Waals surface area contributed by atoms with Crippen molar-refractivity contribution in [1.29, 1.82) is 0 Å². The van der Waals surface area contributed by atoms with E-state index in [1.807, 2.05) is 36.2 Å². The van der Waals surface area contributed by atoms with Crippen LogP contribution in [0.1, 0.15) is 18.4 Å². The lowest BCUT2D eigenvalue weighted by molar-refractivity contribution is -0.140. The van der Waals surface area contributed by atoms with Crippen LogP contribution in [0.5, 0.6) is 0 Å². The standard InChI is InChI=1S/C15H23N3O3/c1-18(9-7-15(20)21-2)8-6-14(19)17-13-5-3-4-12(10-13)11-16/h3-5,10H,6-9,11,16H2,1-2H3,(H,17,19). The van der Waals surface area contributed by atoms with E-state index in [4.69, 9.17) is 5.73 Å². The summed E-state index contributed by atoms with van der Waals surface area (Å²) < 4.78 is 4.57. The Morgan fingerprint density at radius 1 is 1.29 bits per heavy atom. The van der Waals surface area contributed by atoms with Crippen LogP contribution in [0.15, 0.2) is 24.3 Å². The van der Waals surface area contributed by atoms with Crippen molar-refractivity contribution in [2.75, 3.05) is 32.6 Å². The van der Waals surface area contributed by atoms with Gasteiger partial charge >= 0.3 is 5.97 Å². The molecule has 116 valence electrons. The highest BCUT2D eigenvalue weighted by atomic mass is 16.5. The van der Waals surface area contributed by atoms with Crippen LogP contribution >= 0.6 is 0 Å². The number of amides is 1. The maximum absolute atomic E-state index is 11.9. The van der Waals surface area contributed by atoms with Crippen LogP contribution in [0.25, 0.3) is 0 Å². The Balaban J connectivity index is 2.31. The second-order valence-electron chi connectivity index (χ2n) is 4.83. The molecule has 6 nitrogen and oxygen atoms in total. The second-order valence-corrected chi connectivity index (χ2v) is 4.83. The van der Waals surface area contributed by atoms with Gasteiger partial charge in [0, 0.05) is 31.7 Å². The van der Waals surface area contributed by atoms with Crippen LogP contribution in [0.2, 0.25) is 0 Å². The van der Waals surface area contributed by atoms with E-state index in [-0.39, 0.29) is 11.9 Å². The van der Waals surface area contributed by atoms with Crippen molar-refractivity contribution in [3.63, 3.8) is 0 Å². The number of benzene rings is 1. The maximum Gasteiger partial charge on any atom is 0.306 e. The average molecular weight is 293 g/mol. The van der Waals surface area contributed by atoms with Crippen LogP contribution in [-0.4, -0.2) is 44.0 Å². The molecule has 0 aliphatic carbocycles.